The van der Waals surface area contributed by atoms with Crippen LogP contribution in [0.3, 0.4) is 0 Å². The van der Waals surface area contributed by atoms with Crippen LogP contribution in [0, 0.1) is 0 Å². The summed E-state index contributed by atoms with van der Waals surface area (Å²) < 4.78 is 5.55. The average Bonchev–Trinajstić information content (AvgIpc) is 2.55. The molecule has 0 aliphatic carbocycles. The predicted octanol–water partition coefficient (Wildman–Crippen LogP) is 2.13. The van der Waals surface area contributed by atoms with Gasteiger partial charge in [-0.25, -0.2) is 0 Å². The number of halogens is 1. The molecule has 0 spiro atoms. The molecule has 3 rings (SSSR count). The summed E-state index contributed by atoms with van der Waals surface area (Å²) in [7, 11) is 0. The Bertz CT molecular complexity index is 480. The van der Waals surface area contributed by atoms with Crippen molar-refractivity contribution in [3.05, 3.63) is 5.28 Å². The topological polar surface area (TPSA) is 54.4 Å². The third kappa shape index (κ3) is 3.37. The summed E-state index contributed by atoms with van der Waals surface area (Å²) in [6.45, 7) is 6.39. The number of piperidine rings is 1. The zero-order chi connectivity index (χ0) is 14.7. The van der Waals surface area contributed by atoms with Gasteiger partial charge in [0.15, 0.2) is 0 Å². The number of hydrogen-bond donors (Lipinski definition) is 0. The van der Waals surface area contributed by atoms with Gasteiger partial charge in [-0.15, -0.1) is 0 Å². The van der Waals surface area contributed by atoms with Crippen molar-refractivity contribution in [1.82, 2.24) is 15.0 Å². The van der Waals surface area contributed by atoms with Gasteiger partial charge in [0.1, 0.15) is 0 Å². The molecule has 2 fully saturated rings. The minimum absolute atomic E-state index is 0.280. The Hall–Kier alpha value is -1.14. The second-order valence-electron chi connectivity index (χ2n) is 5.58. The molecular weight excluding hydrogens is 290 g/mol. The van der Waals surface area contributed by atoms with Gasteiger partial charge in [0.25, 0.3) is 0 Å². The summed E-state index contributed by atoms with van der Waals surface area (Å²) in [4.78, 5) is 17.7. The normalized spacial score (nSPS) is 23.4. The van der Waals surface area contributed by atoms with E-state index in [-0.39, 0.29) is 5.28 Å². The molecule has 116 valence electrons. The molecule has 0 saturated carbocycles. The van der Waals surface area contributed by atoms with Crippen molar-refractivity contribution in [2.75, 3.05) is 42.6 Å². The molecule has 2 saturated heterocycles. The minimum atomic E-state index is 0.280. The van der Waals surface area contributed by atoms with E-state index in [9.17, 15) is 0 Å². The standard InChI is InChI=1S/C14H22ClN5O/c1-2-11-10-21-9-8-20(11)14-17-12(15)16-13(18-14)19-6-4-3-5-7-19/h11H,2-10H2,1H3. The third-order valence-corrected chi connectivity index (χ3v) is 4.35. The lowest BCUT2D eigenvalue weighted by molar-refractivity contribution is 0.0921. The van der Waals surface area contributed by atoms with E-state index in [2.05, 4.69) is 31.7 Å². The van der Waals surface area contributed by atoms with Crippen LogP contribution >= 0.6 is 11.6 Å². The summed E-state index contributed by atoms with van der Waals surface area (Å²) in [6.07, 6.45) is 4.66. The lowest BCUT2D eigenvalue weighted by Gasteiger charge is -2.35. The number of aromatic nitrogens is 3. The number of anilines is 2. The third-order valence-electron chi connectivity index (χ3n) is 4.18. The van der Waals surface area contributed by atoms with E-state index in [4.69, 9.17) is 16.3 Å². The molecule has 0 aromatic carbocycles. The molecule has 1 unspecified atom stereocenters. The Morgan fingerprint density at radius 1 is 1.10 bits per heavy atom. The Morgan fingerprint density at radius 3 is 2.62 bits per heavy atom. The summed E-state index contributed by atoms with van der Waals surface area (Å²) in [6, 6.07) is 0.312. The average molecular weight is 312 g/mol. The van der Waals surface area contributed by atoms with Crippen LogP contribution in [0.25, 0.3) is 0 Å². The molecule has 2 aliphatic rings. The van der Waals surface area contributed by atoms with E-state index in [0.717, 1.165) is 32.7 Å². The molecule has 1 atom stereocenters. The number of ether oxygens (including phenoxy) is 1. The highest BCUT2D eigenvalue weighted by molar-refractivity contribution is 6.28. The fourth-order valence-electron chi connectivity index (χ4n) is 2.95. The Morgan fingerprint density at radius 2 is 1.86 bits per heavy atom. The summed E-state index contributed by atoms with van der Waals surface area (Å²) in [5.41, 5.74) is 0. The Labute approximate surface area is 130 Å². The largest absolute Gasteiger partial charge is 0.377 e. The first-order valence-electron chi connectivity index (χ1n) is 7.79. The monoisotopic (exact) mass is 311 g/mol. The number of morpholine rings is 1. The first-order valence-corrected chi connectivity index (χ1v) is 8.16. The summed E-state index contributed by atoms with van der Waals surface area (Å²) in [5.74, 6) is 1.40. The van der Waals surface area contributed by atoms with E-state index in [1.807, 2.05) is 0 Å². The second kappa shape index (κ2) is 6.75. The van der Waals surface area contributed by atoms with Crippen molar-refractivity contribution in [2.24, 2.45) is 0 Å². The number of nitrogens with zero attached hydrogens (tertiary/aromatic N) is 5. The zero-order valence-electron chi connectivity index (χ0n) is 12.5. The van der Waals surface area contributed by atoms with Crippen LogP contribution in [-0.4, -0.2) is 53.8 Å². The van der Waals surface area contributed by atoms with Crippen molar-refractivity contribution < 1.29 is 4.74 Å². The van der Waals surface area contributed by atoms with Crippen LogP contribution in [0.15, 0.2) is 0 Å². The molecule has 1 aromatic heterocycles. The molecule has 0 bridgehead atoms. The van der Waals surface area contributed by atoms with Crippen LogP contribution in [0.2, 0.25) is 5.28 Å². The molecule has 7 heteroatoms. The fourth-order valence-corrected chi connectivity index (χ4v) is 3.10. The van der Waals surface area contributed by atoms with E-state index in [1.54, 1.807) is 0 Å². The summed E-state index contributed by atoms with van der Waals surface area (Å²) in [5, 5.41) is 0.280. The molecule has 2 aliphatic heterocycles. The van der Waals surface area contributed by atoms with Crippen LogP contribution < -0.4 is 9.80 Å². The van der Waals surface area contributed by atoms with E-state index >= 15 is 0 Å². The molecule has 21 heavy (non-hydrogen) atoms. The SMILES string of the molecule is CCC1COCCN1c1nc(Cl)nc(N2CCCCC2)n1. The fraction of sp³-hybridized carbons (Fsp3) is 0.786. The van der Waals surface area contributed by atoms with E-state index in [0.29, 0.717) is 24.5 Å². The lowest BCUT2D eigenvalue weighted by Crippen LogP contribution is -2.46. The molecule has 0 radical (unpaired) electrons. The van der Waals surface area contributed by atoms with Gasteiger partial charge in [0.2, 0.25) is 17.2 Å². The summed E-state index contributed by atoms with van der Waals surface area (Å²) >= 11 is 6.13. The molecule has 3 heterocycles. The van der Waals surface area contributed by atoms with Gasteiger partial charge in [0.05, 0.1) is 19.3 Å². The van der Waals surface area contributed by atoms with Gasteiger partial charge in [-0.1, -0.05) is 6.92 Å². The van der Waals surface area contributed by atoms with E-state index in [1.165, 1.54) is 19.3 Å². The first kappa shape index (κ1) is 14.8. The Kier molecular flexibility index (Phi) is 4.75. The van der Waals surface area contributed by atoms with E-state index < -0.39 is 0 Å². The Balaban J connectivity index is 1.85. The van der Waals surface area contributed by atoms with Crippen molar-refractivity contribution in [2.45, 2.75) is 38.6 Å². The van der Waals surface area contributed by atoms with Gasteiger partial charge < -0.3 is 14.5 Å². The second-order valence-corrected chi connectivity index (χ2v) is 5.92. The highest BCUT2D eigenvalue weighted by atomic mass is 35.5. The predicted molar refractivity (Wildman–Crippen MR) is 83.1 cm³/mol. The van der Waals surface area contributed by atoms with Crippen molar-refractivity contribution in [3.8, 4) is 0 Å². The van der Waals surface area contributed by atoms with Gasteiger partial charge >= 0.3 is 0 Å². The van der Waals surface area contributed by atoms with Crippen LogP contribution in [-0.2, 0) is 4.74 Å². The van der Waals surface area contributed by atoms with Crippen molar-refractivity contribution in [3.63, 3.8) is 0 Å². The maximum atomic E-state index is 6.13. The van der Waals surface area contributed by atoms with Crippen LogP contribution in [0.1, 0.15) is 32.6 Å². The van der Waals surface area contributed by atoms with Gasteiger partial charge in [-0.3, -0.25) is 0 Å². The lowest BCUT2D eigenvalue weighted by atomic mass is 10.1. The molecule has 0 amide bonds. The van der Waals surface area contributed by atoms with Crippen molar-refractivity contribution in [1.29, 1.82) is 0 Å². The smallest absolute Gasteiger partial charge is 0.231 e. The number of rotatable bonds is 3. The van der Waals surface area contributed by atoms with Crippen LogP contribution in [0.5, 0.6) is 0 Å². The number of hydrogen-bond acceptors (Lipinski definition) is 6. The van der Waals surface area contributed by atoms with Crippen LogP contribution in [0.4, 0.5) is 11.9 Å². The maximum absolute atomic E-state index is 6.13. The maximum Gasteiger partial charge on any atom is 0.231 e. The molecule has 1 aromatic rings. The van der Waals surface area contributed by atoms with Gasteiger partial charge in [0, 0.05) is 19.6 Å². The van der Waals surface area contributed by atoms with Crippen molar-refractivity contribution >= 4 is 23.5 Å². The van der Waals surface area contributed by atoms with Gasteiger partial charge in [-0.05, 0) is 37.3 Å². The highest BCUT2D eigenvalue weighted by Crippen LogP contribution is 2.23. The van der Waals surface area contributed by atoms with Gasteiger partial charge in [-0.2, -0.15) is 15.0 Å². The molecule has 0 N–H and O–H groups in total. The minimum Gasteiger partial charge on any atom is -0.377 e. The zero-order valence-corrected chi connectivity index (χ0v) is 13.2. The molecular formula is C14H22ClN5O. The highest BCUT2D eigenvalue weighted by Gasteiger charge is 2.25. The quantitative estimate of drug-likeness (QED) is 0.852. The first-order chi connectivity index (χ1) is 10.3. The molecule has 6 nitrogen and oxygen atoms in total.